The molecule has 0 aliphatic carbocycles. The quantitative estimate of drug-likeness (QED) is 0.756. The van der Waals surface area contributed by atoms with Crippen LogP contribution in [0, 0.1) is 11.3 Å². The minimum Gasteiger partial charge on any atom is -0.198 e. The van der Waals surface area contributed by atoms with Crippen molar-refractivity contribution >= 4 is 0 Å². The van der Waals surface area contributed by atoms with Crippen molar-refractivity contribution in [1.29, 1.82) is 5.26 Å². The van der Waals surface area contributed by atoms with Gasteiger partial charge in [0, 0.05) is 0 Å². The molecule has 0 fully saturated rings. The Morgan fingerprint density at radius 1 is 1.05 bits per heavy atom. The maximum atomic E-state index is 12.8. The van der Waals surface area contributed by atoms with E-state index >= 15 is 0 Å². The van der Waals surface area contributed by atoms with Gasteiger partial charge in [0.25, 0.3) is 0 Å². The average Bonchev–Trinajstić information content (AvgIpc) is 2.45. The maximum absolute atomic E-state index is 12.8. The minimum atomic E-state index is -4.37. The summed E-state index contributed by atoms with van der Waals surface area (Å²) in [7, 11) is 0. The lowest BCUT2D eigenvalue weighted by atomic mass is 9.92. The minimum absolute atomic E-state index is 0.374. The molecule has 0 aliphatic rings. The number of halogens is 3. The van der Waals surface area contributed by atoms with Crippen molar-refractivity contribution in [2.75, 3.05) is 0 Å². The molecule has 1 nitrogen and oxygen atoms in total. The van der Waals surface area contributed by atoms with E-state index in [2.05, 4.69) is 6.07 Å². The van der Waals surface area contributed by atoms with Crippen LogP contribution in [0.3, 0.4) is 0 Å². The fourth-order valence-electron chi connectivity index (χ4n) is 2.07. The molecule has 0 saturated heterocycles. The van der Waals surface area contributed by atoms with Gasteiger partial charge in [-0.3, -0.25) is 0 Å². The summed E-state index contributed by atoms with van der Waals surface area (Å²) >= 11 is 0. The molecular weight excluding hydrogens is 263 g/mol. The predicted molar refractivity (Wildman–Crippen MR) is 70.9 cm³/mol. The van der Waals surface area contributed by atoms with E-state index in [0.717, 1.165) is 17.7 Å². The third-order valence-corrected chi connectivity index (χ3v) is 3.12. The number of benzene rings is 2. The van der Waals surface area contributed by atoms with Gasteiger partial charge in [-0.25, -0.2) is 0 Å². The van der Waals surface area contributed by atoms with Gasteiger partial charge in [0.05, 0.1) is 17.6 Å². The molecule has 20 heavy (non-hydrogen) atoms. The smallest absolute Gasteiger partial charge is 0.198 e. The van der Waals surface area contributed by atoms with Crippen molar-refractivity contribution in [3.05, 3.63) is 59.7 Å². The van der Waals surface area contributed by atoms with Gasteiger partial charge in [0.15, 0.2) is 0 Å². The SMILES string of the molecule is CC(C#N)c1ccccc1-c1cccc(C(F)(F)F)c1. The third-order valence-electron chi connectivity index (χ3n) is 3.12. The van der Waals surface area contributed by atoms with Crippen LogP contribution in [0.2, 0.25) is 0 Å². The first-order valence-electron chi connectivity index (χ1n) is 6.09. The van der Waals surface area contributed by atoms with Gasteiger partial charge in [-0.15, -0.1) is 0 Å². The molecule has 0 bridgehead atoms. The maximum Gasteiger partial charge on any atom is 0.416 e. The summed E-state index contributed by atoms with van der Waals surface area (Å²) in [6.07, 6.45) is -4.37. The molecule has 1 unspecified atom stereocenters. The molecule has 102 valence electrons. The second-order valence-corrected chi connectivity index (χ2v) is 4.52. The summed E-state index contributed by atoms with van der Waals surface area (Å²) in [5, 5.41) is 9.01. The first-order chi connectivity index (χ1) is 9.43. The summed E-state index contributed by atoms with van der Waals surface area (Å²) in [5.41, 5.74) is 1.17. The Hall–Kier alpha value is -2.28. The van der Waals surface area contributed by atoms with Crippen LogP contribution in [0.25, 0.3) is 11.1 Å². The Morgan fingerprint density at radius 3 is 2.40 bits per heavy atom. The Bertz CT molecular complexity index is 653. The molecule has 2 rings (SSSR count). The highest BCUT2D eigenvalue weighted by Crippen LogP contribution is 2.34. The van der Waals surface area contributed by atoms with E-state index in [4.69, 9.17) is 5.26 Å². The van der Waals surface area contributed by atoms with Gasteiger partial charge in [0.1, 0.15) is 0 Å². The fourth-order valence-corrected chi connectivity index (χ4v) is 2.07. The molecule has 4 heteroatoms. The molecule has 0 spiro atoms. The van der Waals surface area contributed by atoms with Gasteiger partial charge in [-0.2, -0.15) is 18.4 Å². The molecular formula is C16H12F3N. The van der Waals surface area contributed by atoms with Crippen molar-refractivity contribution in [2.24, 2.45) is 0 Å². The normalized spacial score (nSPS) is 12.8. The van der Waals surface area contributed by atoms with Crippen molar-refractivity contribution in [3.8, 4) is 17.2 Å². The average molecular weight is 275 g/mol. The lowest BCUT2D eigenvalue weighted by Crippen LogP contribution is -2.04. The van der Waals surface area contributed by atoms with Crippen molar-refractivity contribution < 1.29 is 13.2 Å². The van der Waals surface area contributed by atoms with E-state index in [1.807, 2.05) is 0 Å². The molecule has 1 atom stereocenters. The van der Waals surface area contributed by atoms with Crippen LogP contribution in [-0.4, -0.2) is 0 Å². The van der Waals surface area contributed by atoms with Gasteiger partial charge in [0.2, 0.25) is 0 Å². The zero-order valence-corrected chi connectivity index (χ0v) is 10.8. The van der Waals surface area contributed by atoms with E-state index in [-0.39, 0.29) is 5.92 Å². The van der Waals surface area contributed by atoms with Crippen LogP contribution in [0.4, 0.5) is 13.2 Å². The molecule has 0 amide bonds. The lowest BCUT2D eigenvalue weighted by Gasteiger charge is -2.13. The highest BCUT2D eigenvalue weighted by molar-refractivity contribution is 5.69. The topological polar surface area (TPSA) is 23.8 Å². The zero-order chi connectivity index (χ0) is 14.8. The Balaban J connectivity index is 2.56. The number of nitrogens with zero attached hydrogens (tertiary/aromatic N) is 1. The molecule has 0 aliphatic heterocycles. The number of rotatable bonds is 2. The van der Waals surface area contributed by atoms with Gasteiger partial charge >= 0.3 is 6.18 Å². The predicted octanol–water partition coefficient (Wildman–Crippen LogP) is 5.00. The van der Waals surface area contributed by atoms with Crippen molar-refractivity contribution in [3.63, 3.8) is 0 Å². The largest absolute Gasteiger partial charge is 0.416 e. The zero-order valence-electron chi connectivity index (χ0n) is 10.8. The van der Waals surface area contributed by atoms with Gasteiger partial charge < -0.3 is 0 Å². The molecule has 0 aromatic heterocycles. The first kappa shape index (κ1) is 14.1. The monoisotopic (exact) mass is 275 g/mol. The van der Waals surface area contributed by atoms with Crippen LogP contribution in [-0.2, 0) is 6.18 Å². The Labute approximate surface area is 115 Å². The van der Waals surface area contributed by atoms with E-state index in [0.29, 0.717) is 11.1 Å². The standard InChI is InChI=1S/C16H12F3N/c1-11(10-20)14-7-2-3-8-15(14)12-5-4-6-13(9-12)16(17,18)19/h2-9,11H,1H3. The van der Waals surface area contributed by atoms with Crippen LogP contribution in [0.1, 0.15) is 24.0 Å². The molecule has 0 saturated carbocycles. The van der Waals surface area contributed by atoms with Crippen LogP contribution in [0.15, 0.2) is 48.5 Å². The second kappa shape index (κ2) is 5.38. The summed E-state index contributed by atoms with van der Waals surface area (Å²) < 4.78 is 38.3. The van der Waals surface area contributed by atoms with Crippen LogP contribution < -0.4 is 0 Å². The number of nitriles is 1. The van der Waals surface area contributed by atoms with E-state index in [1.54, 1.807) is 37.3 Å². The fraction of sp³-hybridized carbons (Fsp3) is 0.188. The van der Waals surface area contributed by atoms with E-state index in [1.165, 1.54) is 6.07 Å². The van der Waals surface area contributed by atoms with Crippen molar-refractivity contribution in [1.82, 2.24) is 0 Å². The highest BCUT2D eigenvalue weighted by atomic mass is 19.4. The Kier molecular flexibility index (Phi) is 3.80. The number of hydrogen-bond acceptors (Lipinski definition) is 1. The number of hydrogen-bond donors (Lipinski definition) is 0. The molecule has 0 heterocycles. The second-order valence-electron chi connectivity index (χ2n) is 4.52. The molecule has 2 aromatic carbocycles. The van der Waals surface area contributed by atoms with Gasteiger partial charge in [-0.1, -0.05) is 36.4 Å². The van der Waals surface area contributed by atoms with E-state index in [9.17, 15) is 13.2 Å². The van der Waals surface area contributed by atoms with Crippen LogP contribution >= 0.6 is 0 Å². The molecule has 0 radical (unpaired) electrons. The van der Waals surface area contributed by atoms with Crippen molar-refractivity contribution in [2.45, 2.75) is 19.0 Å². The summed E-state index contributed by atoms with van der Waals surface area (Å²) in [5.74, 6) is -0.374. The number of alkyl halides is 3. The third kappa shape index (κ3) is 2.83. The summed E-state index contributed by atoms with van der Waals surface area (Å²) in [4.78, 5) is 0. The summed E-state index contributed by atoms with van der Waals surface area (Å²) in [6, 6.07) is 14.3. The Morgan fingerprint density at radius 2 is 1.75 bits per heavy atom. The van der Waals surface area contributed by atoms with E-state index < -0.39 is 11.7 Å². The molecule has 0 N–H and O–H groups in total. The highest BCUT2D eigenvalue weighted by Gasteiger charge is 2.30. The lowest BCUT2D eigenvalue weighted by molar-refractivity contribution is -0.137. The van der Waals surface area contributed by atoms with Crippen LogP contribution in [0.5, 0.6) is 0 Å². The summed E-state index contributed by atoms with van der Waals surface area (Å²) in [6.45, 7) is 1.73. The van der Waals surface area contributed by atoms with Gasteiger partial charge in [-0.05, 0) is 35.7 Å². The first-order valence-corrected chi connectivity index (χ1v) is 6.09. The molecule has 2 aromatic rings.